The van der Waals surface area contributed by atoms with Gasteiger partial charge in [-0.15, -0.1) is 0 Å². The van der Waals surface area contributed by atoms with Crippen molar-refractivity contribution in [1.82, 2.24) is 5.32 Å². The molecule has 0 aliphatic heterocycles. The molecule has 1 aromatic carbocycles. The third-order valence-corrected chi connectivity index (χ3v) is 4.68. The maximum Gasteiger partial charge on any atom is 0.120 e. The van der Waals surface area contributed by atoms with Crippen molar-refractivity contribution < 1.29 is 5.11 Å². The van der Waals surface area contributed by atoms with Crippen LogP contribution in [0.1, 0.15) is 69.5 Å². The Hall–Kier alpha value is -1.02. The summed E-state index contributed by atoms with van der Waals surface area (Å²) in [4.78, 5) is 0. The van der Waals surface area contributed by atoms with E-state index < -0.39 is 0 Å². The lowest BCUT2D eigenvalue weighted by Crippen LogP contribution is -2.35. The number of phenolic OH excluding ortho intramolecular Hbond substituents is 1. The van der Waals surface area contributed by atoms with Gasteiger partial charge in [0.1, 0.15) is 5.75 Å². The Labute approximate surface area is 123 Å². The Kier molecular flexibility index (Phi) is 5.47. The monoisotopic (exact) mass is 275 g/mol. The Balaban J connectivity index is 1.87. The molecular weight excluding hydrogens is 246 g/mol. The average Bonchev–Trinajstić information content (AvgIpc) is 2.41. The summed E-state index contributed by atoms with van der Waals surface area (Å²) in [5, 5.41) is 13.8. The Morgan fingerprint density at radius 1 is 1.25 bits per heavy atom. The molecular formula is C18H29NO. The molecule has 0 amide bonds. The van der Waals surface area contributed by atoms with Gasteiger partial charge in [0.05, 0.1) is 0 Å². The van der Waals surface area contributed by atoms with Gasteiger partial charge in [-0.1, -0.05) is 31.9 Å². The lowest BCUT2D eigenvalue weighted by Gasteiger charge is -2.31. The molecule has 1 aliphatic rings. The van der Waals surface area contributed by atoms with E-state index in [1.54, 1.807) is 0 Å². The fourth-order valence-electron chi connectivity index (χ4n) is 3.49. The van der Waals surface area contributed by atoms with Crippen LogP contribution in [0, 0.1) is 12.8 Å². The number of nitrogens with one attached hydrogen (secondary N) is 1. The first-order valence-corrected chi connectivity index (χ1v) is 8.15. The van der Waals surface area contributed by atoms with Crippen molar-refractivity contribution in [3.8, 4) is 5.75 Å². The summed E-state index contributed by atoms with van der Waals surface area (Å²) in [6, 6.07) is 6.81. The average molecular weight is 275 g/mol. The summed E-state index contributed by atoms with van der Waals surface area (Å²) >= 11 is 0. The van der Waals surface area contributed by atoms with Crippen molar-refractivity contribution in [2.75, 3.05) is 0 Å². The predicted octanol–water partition coefficient (Wildman–Crippen LogP) is 4.71. The smallest absolute Gasteiger partial charge is 0.120 e. The summed E-state index contributed by atoms with van der Waals surface area (Å²) in [5.41, 5.74) is 2.13. The quantitative estimate of drug-likeness (QED) is 0.815. The first-order valence-electron chi connectivity index (χ1n) is 8.15. The number of benzene rings is 1. The molecule has 0 bridgehead atoms. The Morgan fingerprint density at radius 3 is 2.55 bits per heavy atom. The molecule has 0 radical (unpaired) electrons. The van der Waals surface area contributed by atoms with Gasteiger partial charge in [-0.25, -0.2) is 0 Å². The summed E-state index contributed by atoms with van der Waals surface area (Å²) in [6.45, 7) is 6.45. The van der Waals surface area contributed by atoms with Crippen molar-refractivity contribution in [1.29, 1.82) is 0 Å². The van der Waals surface area contributed by atoms with Crippen molar-refractivity contribution in [2.24, 2.45) is 5.92 Å². The molecule has 1 atom stereocenters. The van der Waals surface area contributed by atoms with Crippen molar-refractivity contribution in [3.63, 3.8) is 0 Å². The zero-order chi connectivity index (χ0) is 14.5. The molecule has 2 heteroatoms. The molecule has 2 N–H and O–H groups in total. The molecule has 1 fully saturated rings. The molecule has 112 valence electrons. The van der Waals surface area contributed by atoms with Gasteiger partial charge in [-0.2, -0.15) is 0 Å². The van der Waals surface area contributed by atoms with Crippen LogP contribution < -0.4 is 5.32 Å². The van der Waals surface area contributed by atoms with E-state index in [0.717, 1.165) is 17.0 Å². The van der Waals surface area contributed by atoms with E-state index >= 15 is 0 Å². The number of aromatic hydroxyl groups is 1. The summed E-state index contributed by atoms with van der Waals surface area (Å²) in [6.07, 6.45) is 7.98. The highest BCUT2D eigenvalue weighted by Gasteiger charge is 2.22. The fourth-order valence-corrected chi connectivity index (χ4v) is 3.49. The normalized spacial score (nSPS) is 24.6. The molecule has 1 aromatic rings. The van der Waals surface area contributed by atoms with Crippen LogP contribution >= 0.6 is 0 Å². The minimum atomic E-state index is 0.225. The van der Waals surface area contributed by atoms with Gasteiger partial charge in [0, 0.05) is 17.6 Å². The number of hydrogen-bond donors (Lipinski definition) is 2. The second kappa shape index (κ2) is 7.12. The van der Waals surface area contributed by atoms with E-state index in [2.05, 4.69) is 25.2 Å². The van der Waals surface area contributed by atoms with Crippen molar-refractivity contribution in [3.05, 3.63) is 29.3 Å². The maximum absolute atomic E-state index is 10.1. The predicted molar refractivity (Wildman–Crippen MR) is 85.0 cm³/mol. The van der Waals surface area contributed by atoms with Crippen LogP contribution in [-0.4, -0.2) is 11.1 Å². The molecule has 2 rings (SSSR count). The third kappa shape index (κ3) is 3.99. The lowest BCUT2D eigenvalue weighted by molar-refractivity contribution is 0.265. The van der Waals surface area contributed by atoms with Crippen molar-refractivity contribution >= 4 is 0 Å². The zero-order valence-corrected chi connectivity index (χ0v) is 13.2. The Bertz CT molecular complexity index is 421. The summed E-state index contributed by atoms with van der Waals surface area (Å²) < 4.78 is 0. The van der Waals surface area contributed by atoms with Crippen LogP contribution in [0.2, 0.25) is 0 Å². The van der Waals surface area contributed by atoms with E-state index in [-0.39, 0.29) is 6.04 Å². The molecule has 1 aliphatic carbocycles. The number of hydrogen-bond acceptors (Lipinski definition) is 2. The first-order chi connectivity index (χ1) is 9.60. The molecule has 20 heavy (non-hydrogen) atoms. The fraction of sp³-hybridized carbons (Fsp3) is 0.667. The largest absolute Gasteiger partial charge is 0.508 e. The lowest BCUT2D eigenvalue weighted by atomic mass is 9.83. The maximum atomic E-state index is 10.1. The standard InChI is InChI=1S/C18H29NO/c1-4-5-15-7-9-16(10-8-15)19-14(3)17-11-6-13(2)12-18(17)20/h6,11-12,14-16,19-20H,4-5,7-10H2,1-3H3. The zero-order valence-electron chi connectivity index (χ0n) is 13.2. The molecule has 0 aromatic heterocycles. The number of aryl methyl sites for hydroxylation is 1. The second-order valence-corrected chi connectivity index (χ2v) is 6.46. The van der Waals surface area contributed by atoms with Crippen LogP contribution in [-0.2, 0) is 0 Å². The topological polar surface area (TPSA) is 32.3 Å². The third-order valence-electron chi connectivity index (χ3n) is 4.68. The summed E-state index contributed by atoms with van der Waals surface area (Å²) in [7, 11) is 0. The number of rotatable bonds is 5. The number of phenols is 1. The van der Waals surface area contributed by atoms with Crippen LogP contribution in [0.3, 0.4) is 0 Å². The van der Waals surface area contributed by atoms with Gasteiger partial charge in [0.15, 0.2) is 0 Å². The van der Waals surface area contributed by atoms with Gasteiger partial charge in [0.25, 0.3) is 0 Å². The van der Waals surface area contributed by atoms with Crippen molar-refractivity contribution in [2.45, 2.75) is 71.4 Å². The first kappa shape index (κ1) is 15.4. The SMILES string of the molecule is CCCC1CCC(NC(C)c2ccc(C)cc2O)CC1. The molecule has 1 saturated carbocycles. The van der Waals surface area contributed by atoms with E-state index in [9.17, 15) is 5.11 Å². The molecule has 0 heterocycles. The Morgan fingerprint density at radius 2 is 1.95 bits per heavy atom. The highest BCUT2D eigenvalue weighted by Crippen LogP contribution is 2.30. The molecule has 2 nitrogen and oxygen atoms in total. The van der Waals surface area contributed by atoms with E-state index in [4.69, 9.17) is 0 Å². The van der Waals surface area contributed by atoms with E-state index in [1.807, 2.05) is 19.1 Å². The van der Waals surface area contributed by atoms with E-state index in [1.165, 1.54) is 38.5 Å². The van der Waals surface area contributed by atoms with Crippen LogP contribution in [0.4, 0.5) is 0 Å². The van der Waals surface area contributed by atoms with E-state index in [0.29, 0.717) is 11.8 Å². The highest BCUT2D eigenvalue weighted by molar-refractivity contribution is 5.37. The highest BCUT2D eigenvalue weighted by atomic mass is 16.3. The van der Waals surface area contributed by atoms with Crippen LogP contribution in [0.15, 0.2) is 18.2 Å². The van der Waals surface area contributed by atoms with Crippen LogP contribution in [0.25, 0.3) is 0 Å². The minimum Gasteiger partial charge on any atom is -0.508 e. The molecule has 0 saturated heterocycles. The van der Waals surface area contributed by atoms with Gasteiger partial charge in [0.2, 0.25) is 0 Å². The molecule has 0 spiro atoms. The van der Waals surface area contributed by atoms with Gasteiger partial charge >= 0.3 is 0 Å². The van der Waals surface area contributed by atoms with Gasteiger partial charge in [-0.05, 0) is 57.1 Å². The van der Waals surface area contributed by atoms with Gasteiger partial charge < -0.3 is 10.4 Å². The summed E-state index contributed by atoms with van der Waals surface area (Å²) in [5.74, 6) is 1.37. The minimum absolute atomic E-state index is 0.225. The molecule has 1 unspecified atom stereocenters. The second-order valence-electron chi connectivity index (χ2n) is 6.46. The van der Waals surface area contributed by atoms with Crippen LogP contribution in [0.5, 0.6) is 5.75 Å². The van der Waals surface area contributed by atoms with Gasteiger partial charge in [-0.3, -0.25) is 0 Å².